The molecule has 164 valence electrons. The maximum absolute atomic E-state index is 13.1. The second-order valence-electron chi connectivity index (χ2n) is 8.21. The van der Waals surface area contributed by atoms with Gasteiger partial charge in [-0.1, -0.05) is 66.7 Å². The Morgan fingerprint density at radius 1 is 1.00 bits per heavy atom. The van der Waals surface area contributed by atoms with E-state index in [0.29, 0.717) is 16.9 Å². The standard InChI is InChI=1S/C28H24N2O3/c1-27(24-13-5-6-15-25(24)33-2,23-14-7-11-21-10-3-4-12-22(21)23)28(19-29,26(31)32)17-20-9-8-16-30-18-20/h3-16,18H,17H2,1-2H3,(H,31,32)/t27-,28-/m0/s1. The van der Waals surface area contributed by atoms with Gasteiger partial charge in [-0.3, -0.25) is 9.78 Å². The molecule has 0 amide bonds. The monoisotopic (exact) mass is 436 g/mol. The van der Waals surface area contributed by atoms with Crippen LogP contribution in [-0.4, -0.2) is 23.2 Å². The molecule has 0 aliphatic carbocycles. The maximum Gasteiger partial charge on any atom is 0.325 e. The fraction of sp³-hybridized carbons (Fsp3) is 0.179. The number of rotatable bonds is 7. The van der Waals surface area contributed by atoms with Gasteiger partial charge in [-0.25, -0.2) is 0 Å². The molecule has 0 aliphatic heterocycles. The van der Waals surface area contributed by atoms with Gasteiger partial charge in [0.25, 0.3) is 0 Å². The fourth-order valence-electron chi connectivity index (χ4n) is 4.80. The van der Waals surface area contributed by atoms with Crippen LogP contribution < -0.4 is 4.74 Å². The van der Waals surface area contributed by atoms with Gasteiger partial charge in [0.1, 0.15) is 5.75 Å². The molecule has 3 aromatic carbocycles. The molecule has 0 bridgehead atoms. The summed E-state index contributed by atoms with van der Waals surface area (Å²) in [7, 11) is 1.55. The molecule has 4 rings (SSSR count). The fourth-order valence-corrected chi connectivity index (χ4v) is 4.80. The molecule has 0 aliphatic rings. The van der Waals surface area contributed by atoms with E-state index in [1.807, 2.05) is 67.6 Å². The first-order valence-electron chi connectivity index (χ1n) is 10.6. The molecule has 1 N–H and O–H groups in total. The number of nitrogens with zero attached hydrogens (tertiary/aromatic N) is 2. The van der Waals surface area contributed by atoms with Gasteiger partial charge < -0.3 is 9.84 Å². The molecule has 5 nitrogen and oxygen atoms in total. The Kier molecular flexibility index (Phi) is 5.85. The number of ether oxygens (including phenoxy) is 1. The van der Waals surface area contributed by atoms with Gasteiger partial charge in [0.2, 0.25) is 0 Å². The van der Waals surface area contributed by atoms with Crippen LogP contribution in [0.15, 0.2) is 91.3 Å². The first-order valence-corrected chi connectivity index (χ1v) is 10.6. The minimum atomic E-state index is -1.85. The molecule has 0 radical (unpaired) electrons. The third kappa shape index (κ3) is 3.50. The van der Waals surface area contributed by atoms with E-state index >= 15 is 0 Å². The van der Waals surface area contributed by atoms with Gasteiger partial charge >= 0.3 is 5.97 Å². The Morgan fingerprint density at radius 2 is 1.70 bits per heavy atom. The Labute approximate surface area is 192 Å². The normalized spacial score (nSPS) is 14.6. The molecule has 0 saturated carbocycles. The highest BCUT2D eigenvalue weighted by molar-refractivity contribution is 5.91. The van der Waals surface area contributed by atoms with Gasteiger partial charge in [0.05, 0.1) is 18.6 Å². The van der Waals surface area contributed by atoms with Crippen LogP contribution in [0.5, 0.6) is 5.75 Å². The highest BCUT2D eigenvalue weighted by atomic mass is 16.5. The number of hydrogen-bond donors (Lipinski definition) is 1. The van der Waals surface area contributed by atoms with Crippen LogP contribution in [0.1, 0.15) is 23.6 Å². The Bertz CT molecular complexity index is 1340. The minimum absolute atomic E-state index is 0.0234. The lowest BCUT2D eigenvalue weighted by molar-refractivity contribution is -0.148. The van der Waals surface area contributed by atoms with E-state index in [1.165, 1.54) is 0 Å². The number of carboxylic acid groups (broad SMARTS) is 1. The average Bonchev–Trinajstić information content (AvgIpc) is 2.86. The number of aromatic nitrogens is 1. The zero-order valence-corrected chi connectivity index (χ0v) is 18.5. The van der Waals surface area contributed by atoms with Gasteiger partial charge in [-0.2, -0.15) is 5.26 Å². The predicted octanol–water partition coefficient (Wildman–Crippen LogP) is 5.39. The lowest BCUT2D eigenvalue weighted by Gasteiger charge is -2.43. The number of carbonyl (C=O) groups is 1. The van der Waals surface area contributed by atoms with Gasteiger partial charge in [0, 0.05) is 24.4 Å². The molecule has 5 heteroatoms. The summed E-state index contributed by atoms with van der Waals surface area (Å²) >= 11 is 0. The predicted molar refractivity (Wildman–Crippen MR) is 127 cm³/mol. The van der Waals surface area contributed by atoms with E-state index in [4.69, 9.17) is 4.74 Å². The second-order valence-corrected chi connectivity index (χ2v) is 8.21. The molecule has 4 aromatic rings. The molecule has 0 fully saturated rings. The number of pyridine rings is 1. The number of para-hydroxylation sites is 1. The largest absolute Gasteiger partial charge is 0.496 e. The summed E-state index contributed by atoms with van der Waals surface area (Å²) in [6.07, 6.45) is 3.22. The Hall–Kier alpha value is -4.17. The number of methoxy groups -OCH3 is 1. The number of benzene rings is 3. The van der Waals surface area contributed by atoms with Crippen molar-refractivity contribution >= 4 is 16.7 Å². The molecule has 2 atom stereocenters. The third-order valence-electron chi connectivity index (χ3n) is 6.58. The number of hydrogen-bond acceptors (Lipinski definition) is 4. The third-order valence-corrected chi connectivity index (χ3v) is 6.58. The van der Waals surface area contributed by atoms with Crippen LogP contribution >= 0.6 is 0 Å². The van der Waals surface area contributed by atoms with E-state index in [-0.39, 0.29) is 6.42 Å². The SMILES string of the molecule is COc1ccccc1[C@](C)(c1cccc2ccccc12)[C@](C#N)(Cc1cccnc1)C(=O)O. The zero-order chi connectivity index (χ0) is 23.5. The van der Waals surface area contributed by atoms with Crippen molar-refractivity contribution in [3.8, 4) is 11.8 Å². The molecule has 0 spiro atoms. The van der Waals surface area contributed by atoms with Crippen molar-refractivity contribution in [2.45, 2.75) is 18.8 Å². The van der Waals surface area contributed by atoms with Gasteiger partial charge in [0.15, 0.2) is 5.41 Å². The molecule has 1 aromatic heterocycles. The van der Waals surface area contributed by atoms with Crippen LogP contribution in [-0.2, 0) is 16.6 Å². The van der Waals surface area contributed by atoms with Crippen LogP contribution in [0, 0.1) is 16.7 Å². The quantitative estimate of drug-likeness (QED) is 0.420. The van der Waals surface area contributed by atoms with Gasteiger partial charge in [-0.05, 0) is 41.0 Å². The maximum atomic E-state index is 13.1. The van der Waals surface area contributed by atoms with E-state index in [9.17, 15) is 15.2 Å². The van der Waals surface area contributed by atoms with Crippen LogP contribution in [0.25, 0.3) is 10.8 Å². The Balaban J connectivity index is 2.14. The summed E-state index contributed by atoms with van der Waals surface area (Å²) in [5, 5.41) is 23.2. The van der Waals surface area contributed by atoms with Gasteiger partial charge in [-0.15, -0.1) is 0 Å². The van der Waals surface area contributed by atoms with Crippen molar-refractivity contribution in [1.29, 1.82) is 5.26 Å². The molecular formula is C28H24N2O3. The van der Waals surface area contributed by atoms with Crippen molar-refractivity contribution in [1.82, 2.24) is 4.98 Å². The van der Waals surface area contributed by atoms with Crippen molar-refractivity contribution in [2.75, 3.05) is 7.11 Å². The summed E-state index contributed by atoms with van der Waals surface area (Å²) in [5.74, 6) is -0.671. The highest BCUT2D eigenvalue weighted by Crippen LogP contribution is 2.53. The molecule has 1 heterocycles. The topological polar surface area (TPSA) is 83.2 Å². The van der Waals surface area contributed by atoms with E-state index in [0.717, 1.165) is 16.3 Å². The summed E-state index contributed by atoms with van der Waals surface area (Å²) in [6.45, 7) is 1.83. The first kappa shape index (κ1) is 22.0. The number of aliphatic carboxylic acids is 1. The number of fused-ring (bicyclic) bond motifs is 1. The minimum Gasteiger partial charge on any atom is -0.496 e. The van der Waals surface area contributed by atoms with Crippen molar-refractivity contribution in [2.24, 2.45) is 5.41 Å². The summed E-state index contributed by atoms with van der Waals surface area (Å²) < 4.78 is 5.68. The number of nitriles is 1. The first-order chi connectivity index (χ1) is 16.0. The second kappa shape index (κ2) is 8.76. The van der Waals surface area contributed by atoms with E-state index < -0.39 is 16.8 Å². The van der Waals surface area contributed by atoms with Crippen molar-refractivity contribution in [3.63, 3.8) is 0 Å². The highest BCUT2D eigenvalue weighted by Gasteiger charge is 2.58. The average molecular weight is 437 g/mol. The smallest absolute Gasteiger partial charge is 0.325 e. The van der Waals surface area contributed by atoms with Crippen molar-refractivity contribution < 1.29 is 14.6 Å². The molecule has 0 unspecified atom stereocenters. The Morgan fingerprint density at radius 3 is 2.39 bits per heavy atom. The van der Waals surface area contributed by atoms with Crippen molar-refractivity contribution in [3.05, 3.63) is 108 Å². The summed E-state index contributed by atoms with van der Waals surface area (Å²) in [4.78, 5) is 17.2. The molecule has 33 heavy (non-hydrogen) atoms. The van der Waals surface area contributed by atoms with Crippen LogP contribution in [0.3, 0.4) is 0 Å². The zero-order valence-electron chi connectivity index (χ0n) is 18.5. The molecular weight excluding hydrogens is 412 g/mol. The van der Waals surface area contributed by atoms with E-state index in [2.05, 4.69) is 11.1 Å². The van der Waals surface area contributed by atoms with Crippen LogP contribution in [0.2, 0.25) is 0 Å². The van der Waals surface area contributed by atoms with E-state index in [1.54, 1.807) is 37.7 Å². The summed E-state index contributed by atoms with van der Waals surface area (Å²) in [6, 6.07) is 26.7. The summed E-state index contributed by atoms with van der Waals surface area (Å²) in [5.41, 5.74) is -1.07. The van der Waals surface area contributed by atoms with Crippen LogP contribution in [0.4, 0.5) is 0 Å². The lowest BCUT2D eigenvalue weighted by atomic mass is 9.55. The molecule has 0 saturated heterocycles. The number of carboxylic acids is 1. The lowest BCUT2D eigenvalue weighted by Crippen LogP contribution is -2.51.